The van der Waals surface area contributed by atoms with Crippen molar-refractivity contribution in [1.29, 1.82) is 0 Å². The van der Waals surface area contributed by atoms with Crippen LogP contribution in [0.25, 0.3) is 0 Å². The van der Waals surface area contributed by atoms with Gasteiger partial charge in [-0.05, 0) is 30.2 Å². The molecule has 1 fully saturated rings. The van der Waals surface area contributed by atoms with Gasteiger partial charge in [0.25, 0.3) is 0 Å². The maximum absolute atomic E-state index is 13.1. The minimum absolute atomic E-state index is 0.151. The third kappa shape index (κ3) is 3.01. The minimum atomic E-state index is -0.151. The smallest absolute Gasteiger partial charge is 0.123 e. The van der Waals surface area contributed by atoms with E-state index in [0.717, 1.165) is 31.7 Å². The summed E-state index contributed by atoms with van der Waals surface area (Å²) in [5.74, 6) is 0.509. The van der Waals surface area contributed by atoms with E-state index in [1.54, 1.807) is 12.1 Å². The van der Waals surface area contributed by atoms with Crippen LogP contribution in [0.15, 0.2) is 36.7 Å². The highest BCUT2D eigenvalue weighted by Gasteiger charge is 2.26. The van der Waals surface area contributed by atoms with Gasteiger partial charge in [0.1, 0.15) is 5.82 Å². The van der Waals surface area contributed by atoms with Crippen LogP contribution in [0.3, 0.4) is 0 Å². The molecule has 1 aliphatic heterocycles. The van der Waals surface area contributed by atoms with Crippen LogP contribution in [0.5, 0.6) is 0 Å². The Morgan fingerprint density at radius 1 is 1.37 bits per heavy atom. The highest BCUT2D eigenvalue weighted by Crippen LogP contribution is 2.20. The fourth-order valence-electron chi connectivity index (χ4n) is 2.65. The lowest BCUT2D eigenvalue weighted by atomic mass is 9.99. The molecule has 0 bridgehead atoms. The first-order valence-corrected chi connectivity index (χ1v) is 6.65. The fraction of sp³-hybridized carbons (Fsp3) is 0.400. The summed E-state index contributed by atoms with van der Waals surface area (Å²) >= 11 is 0. The number of hydrogen-bond acceptors (Lipinski definition) is 2. The van der Waals surface area contributed by atoms with E-state index >= 15 is 0 Å². The van der Waals surface area contributed by atoms with Crippen molar-refractivity contribution >= 4 is 0 Å². The number of benzene rings is 1. The summed E-state index contributed by atoms with van der Waals surface area (Å²) in [6.07, 6.45) is 3.97. The molecule has 0 spiro atoms. The van der Waals surface area contributed by atoms with E-state index in [4.69, 9.17) is 0 Å². The van der Waals surface area contributed by atoms with Gasteiger partial charge in [0.2, 0.25) is 0 Å². The first-order chi connectivity index (χ1) is 9.19. The van der Waals surface area contributed by atoms with Crippen molar-refractivity contribution in [3.8, 4) is 0 Å². The Labute approximate surface area is 112 Å². The van der Waals surface area contributed by atoms with E-state index in [1.165, 1.54) is 11.6 Å². The lowest BCUT2D eigenvalue weighted by molar-refractivity contribution is 0.0777. The van der Waals surface area contributed by atoms with Crippen LogP contribution in [-0.2, 0) is 13.1 Å². The molecule has 3 nitrogen and oxygen atoms in total. The monoisotopic (exact) mass is 259 g/mol. The molecule has 2 heterocycles. The van der Waals surface area contributed by atoms with Gasteiger partial charge < -0.3 is 0 Å². The van der Waals surface area contributed by atoms with Crippen molar-refractivity contribution < 1.29 is 4.39 Å². The zero-order chi connectivity index (χ0) is 13.2. The number of nitrogens with zero attached hydrogens (tertiary/aromatic N) is 3. The summed E-state index contributed by atoms with van der Waals surface area (Å²) in [5, 5.41) is 4.31. The molecule has 4 heteroatoms. The average Bonchev–Trinajstić information content (AvgIpc) is 2.72. The highest BCUT2D eigenvalue weighted by molar-refractivity contribution is 5.16. The van der Waals surface area contributed by atoms with E-state index in [2.05, 4.69) is 23.1 Å². The molecule has 100 valence electrons. The zero-order valence-corrected chi connectivity index (χ0v) is 11.1. The molecule has 0 aliphatic carbocycles. The molecule has 0 atom stereocenters. The van der Waals surface area contributed by atoms with Crippen LogP contribution in [0, 0.1) is 18.7 Å². The van der Waals surface area contributed by atoms with Crippen LogP contribution in [0.1, 0.15) is 11.1 Å². The number of halogens is 1. The molecule has 0 N–H and O–H groups in total. The molecular weight excluding hydrogens is 241 g/mol. The number of likely N-dealkylation sites (tertiary alicyclic amines) is 1. The molecule has 1 aliphatic rings. The summed E-state index contributed by atoms with van der Waals surface area (Å²) in [6, 6.07) is 6.86. The summed E-state index contributed by atoms with van der Waals surface area (Å²) < 4.78 is 15.1. The third-order valence-corrected chi connectivity index (χ3v) is 3.54. The Morgan fingerprint density at radius 2 is 2.21 bits per heavy atom. The van der Waals surface area contributed by atoms with E-state index in [1.807, 2.05) is 16.9 Å². The van der Waals surface area contributed by atoms with Crippen LogP contribution in [0.2, 0.25) is 0 Å². The summed E-state index contributed by atoms with van der Waals surface area (Å²) in [5.41, 5.74) is 2.25. The van der Waals surface area contributed by atoms with Crippen molar-refractivity contribution in [3.63, 3.8) is 0 Å². The maximum Gasteiger partial charge on any atom is 0.123 e. The molecule has 1 saturated heterocycles. The number of rotatable bonds is 4. The quantitative estimate of drug-likeness (QED) is 0.841. The fourth-order valence-corrected chi connectivity index (χ4v) is 2.65. The van der Waals surface area contributed by atoms with Crippen molar-refractivity contribution in [2.75, 3.05) is 13.1 Å². The molecule has 0 amide bonds. The van der Waals surface area contributed by atoms with E-state index in [0.29, 0.717) is 5.92 Å². The topological polar surface area (TPSA) is 21.1 Å². The second-order valence-electron chi connectivity index (χ2n) is 5.43. The molecule has 19 heavy (non-hydrogen) atoms. The predicted molar refractivity (Wildman–Crippen MR) is 72.1 cm³/mol. The lowest BCUT2D eigenvalue weighted by Crippen LogP contribution is -2.47. The number of aryl methyl sites for hydroxylation is 1. The van der Waals surface area contributed by atoms with Gasteiger partial charge in [-0.1, -0.05) is 12.1 Å². The molecule has 0 radical (unpaired) electrons. The number of hydrogen-bond donors (Lipinski definition) is 0. The van der Waals surface area contributed by atoms with Crippen molar-refractivity contribution in [3.05, 3.63) is 53.6 Å². The van der Waals surface area contributed by atoms with Crippen LogP contribution in [0.4, 0.5) is 4.39 Å². The first-order valence-electron chi connectivity index (χ1n) is 6.65. The molecule has 1 aromatic heterocycles. The first kappa shape index (κ1) is 12.4. The second kappa shape index (κ2) is 5.13. The molecule has 2 aromatic rings. The number of aromatic nitrogens is 2. The molecular formula is C15H18FN3. The minimum Gasteiger partial charge on any atom is -0.298 e. The Balaban J connectivity index is 1.48. The van der Waals surface area contributed by atoms with Gasteiger partial charge in [-0.3, -0.25) is 9.58 Å². The lowest BCUT2D eigenvalue weighted by Gasteiger charge is -2.39. The van der Waals surface area contributed by atoms with E-state index in [-0.39, 0.29) is 5.82 Å². The van der Waals surface area contributed by atoms with Gasteiger partial charge in [0.15, 0.2) is 0 Å². The van der Waals surface area contributed by atoms with Crippen LogP contribution in [-0.4, -0.2) is 27.8 Å². The highest BCUT2D eigenvalue weighted by atomic mass is 19.1. The Hall–Kier alpha value is -1.68. The Kier molecular flexibility index (Phi) is 3.34. The summed E-state index contributed by atoms with van der Waals surface area (Å²) in [6.45, 7) is 6.01. The second-order valence-corrected chi connectivity index (χ2v) is 5.43. The van der Waals surface area contributed by atoms with Crippen molar-refractivity contribution in [1.82, 2.24) is 14.7 Å². The predicted octanol–water partition coefficient (Wildman–Crippen LogP) is 2.46. The van der Waals surface area contributed by atoms with Gasteiger partial charge in [0.05, 0.1) is 6.20 Å². The zero-order valence-electron chi connectivity index (χ0n) is 11.1. The van der Waals surface area contributed by atoms with E-state index < -0.39 is 0 Å². The van der Waals surface area contributed by atoms with Gasteiger partial charge >= 0.3 is 0 Å². The van der Waals surface area contributed by atoms with Gasteiger partial charge in [0, 0.05) is 38.3 Å². The van der Waals surface area contributed by atoms with E-state index in [9.17, 15) is 4.39 Å². The normalized spacial score (nSPS) is 16.5. The van der Waals surface area contributed by atoms with Crippen LogP contribution < -0.4 is 0 Å². The third-order valence-electron chi connectivity index (χ3n) is 3.54. The average molecular weight is 259 g/mol. The maximum atomic E-state index is 13.1. The van der Waals surface area contributed by atoms with Crippen molar-refractivity contribution in [2.24, 2.45) is 5.92 Å². The van der Waals surface area contributed by atoms with Gasteiger partial charge in [-0.25, -0.2) is 4.39 Å². The Morgan fingerprint density at radius 3 is 2.89 bits per heavy atom. The molecule has 1 aromatic carbocycles. The van der Waals surface area contributed by atoms with Gasteiger partial charge in [-0.15, -0.1) is 0 Å². The SMILES string of the molecule is Cc1cnn(CC2CN(Cc3cccc(F)c3)C2)c1. The molecule has 3 rings (SSSR count). The molecule has 0 unspecified atom stereocenters. The summed E-state index contributed by atoms with van der Waals surface area (Å²) in [7, 11) is 0. The molecule has 0 saturated carbocycles. The standard InChI is InChI=1S/C15H18FN3/c1-12-6-17-19(7-12)11-14-9-18(10-14)8-13-3-2-4-15(16)5-13/h2-7,14H,8-11H2,1H3. The summed E-state index contributed by atoms with van der Waals surface area (Å²) in [4.78, 5) is 2.34. The van der Waals surface area contributed by atoms with Crippen molar-refractivity contribution in [2.45, 2.75) is 20.0 Å². The van der Waals surface area contributed by atoms with Crippen LogP contribution >= 0.6 is 0 Å². The Bertz CT molecular complexity index is 558. The largest absolute Gasteiger partial charge is 0.298 e. The van der Waals surface area contributed by atoms with Gasteiger partial charge in [-0.2, -0.15) is 5.10 Å².